The molecule has 0 aliphatic carbocycles. The average Bonchev–Trinajstić information content (AvgIpc) is 2.99. The highest BCUT2D eigenvalue weighted by Gasteiger charge is 2.26. The van der Waals surface area contributed by atoms with Crippen LogP contribution in [0.5, 0.6) is 5.88 Å². The summed E-state index contributed by atoms with van der Waals surface area (Å²) in [6.45, 7) is 2.16. The molecule has 1 aliphatic heterocycles. The number of nitrogens with zero attached hydrogens (tertiary/aromatic N) is 4. The number of sulfonamides is 1. The third-order valence-electron chi connectivity index (χ3n) is 6.73. The Morgan fingerprint density at radius 3 is 2.47 bits per heavy atom. The van der Waals surface area contributed by atoms with Crippen LogP contribution in [-0.4, -0.2) is 60.2 Å². The molecule has 1 N–H and O–H groups in total. The molecule has 0 atom stereocenters. The third kappa shape index (κ3) is 6.26. The van der Waals surface area contributed by atoms with Crippen molar-refractivity contribution in [1.29, 1.82) is 0 Å². The van der Waals surface area contributed by atoms with Gasteiger partial charge in [0.15, 0.2) is 10.7 Å². The minimum atomic E-state index is -4.68. The summed E-state index contributed by atoms with van der Waals surface area (Å²) in [4.78, 5) is 37.1. The Labute approximate surface area is 245 Å². The number of hydrogen-bond acceptors (Lipinski definition) is 8. The number of benzene rings is 2. The number of ether oxygens (including phenoxy) is 1. The van der Waals surface area contributed by atoms with Gasteiger partial charge in [-0.3, -0.25) is 14.3 Å². The molecule has 0 saturated heterocycles. The van der Waals surface area contributed by atoms with Crippen LogP contribution in [-0.2, 0) is 19.6 Å². The molecule has 1 aliphatic rings. The zero-order valence-corrected chi connectivity index (χ0v) is 23.9. The van der Waals surface area contributed by atoms with Crippen molar-refractivity contribution < 1.29 is 31.5 Å². The smallest absolute Gasteiger partial charge is 0.267 e. The highest BCUT2D eigenvalue weighted by Crippen LogP contribution is 2.34. The lowest BCUT2D eigenvalue weighted by Crippen LogP contribution is -2.33. The molecule has 0 fully saturated rings. The van der Waals surface area contributed by atoms with Gasteiger partial charge in [-0.15, -0.1) is 0 Å². The van der Waals surface area contributed by atoms with E-state index in [1.54, 1.807) is 17.0 Å². The highest BCUT2D eigenvalue weighted by molar-refractivity contribution is 7.92. The van der Waals surface area contributed by atoms with Gasteiger partial charge in [-0.25, -0.2) is 32.2 Å². The summed E-state index contributed by atoms with van der Waals surface area (Å²) in [7, 11) is -3.39. The third-order valence-corrected chi connectivity index (χ3v) is 8.15. The molecule has 220 valence electrons. The first-order valence-electron chi connectivity index (χ1n) is 13.0. The van der Waals surface area contributed by atoms with Gasteiger partial charge in [0, 0.05) is 36.3 Å². The first kappa shape index (κ1) is 29.5. The molecular formula is C30H25F2N5O5S. The standard InChI is InChI=1S/C30H25F2N5O5S/c1-18(38)6-9-27(39)37-12-10-19(11-13-37)28-22-14-20(7-8-25(22)34-17-35-28)21-15-26(30(42-2)33-16-21)36-43(40,41)29-23(31)4-3-5-24(29)32/h3-10,14-17,36H,11-13H2,1-2H3/b9-6+. The van der Waals surface area contributed by atoms with Crippen LogP contribution in [0.15, 0.2) is 78.1 Å². The van der Waals surface area contributed by atoms with E-state index in [1.165, 1.54) is 44.8 Å². The van der Waals surface area contributed by atoms with E-state index in [-0.39, 0.29) is 23.3 Å². The van der Waals surface area contributed by atoms with E-state index in [2.05, 4.69) is 19.7 Å². The number of carbonyl (C=O) groups is 2. The largest absolute Gasteiger partial charge is 0.480 e. The zero-order chi connectivity index (χ0) is 30.7. The SMILES string of the molecule is COc1ncc(-c2ccc3ncnc(C4=CCN(C(=O)/C=C/C(C)=O)CC4)c3c2)cc1NS(=O)(=O)c1c(F)cccc1F. The van der Waals surface area contributed by atoms with Crippen molar-refractivity contribution in [3.05, 3.63) is 90.5 Å². The van der Waals surface area contributed by atoms with E-state index in [9.17, 15) is 26.8 Å². The number of pyridine rings is 1. The summed E-state index contributed by atoms with van der Waals surface area (Å²) in [6, 6.07) is 9.60. The number of nitrogens with one attached hydrogen (secondary N) is 1. The molecule has 0 radical (unpaired) electrons. The van der Waals surface area contributed by atoms with Gasteiger partial charge in [-0.05, 0) is 60.9 Å². The number of methoxy groups -OCH3 is 1. The van der Waals surface area contributed by atoms with Crippen LogP contribution in [0.1, 0.15) is 19.0 Å². The summed E-state index contributed by atoms with van der Waals surface area (Å²) in [6.07, 6.45) is 7.86. The number of ketones is 1. The highest BCUT2D eigenvalue weighted by atomic mass is 32.2. The van der Waals surface area contributed by atoms with Crippen molar-refractivity contribution in [3.8, 4) is 17.0 Å². The molecule has 13 heteroatoms. The molecule has 1 amide bonds. The predicted molar refractivity (Wildman–Crippen MR) is 155 cm³/mol. The molecule has 3 heterocycles. The second kappa shape index (κ2) is 12.1. The molecule has 0 unspecified atom stereocenters. The Kier molecular flexibility index (Phi) is 8.26. The topological polar surface area (TPSA) is 131 Å². The maximum Gasteiger partial charge on any atom is 0.267 e. The van der Waals surface area contributed by atoms with Crippen molar-refractivity contribution in [2.75, 3.05) is 24.9 Å². The van der Waals surface area contributed by atoms with Gasteiger partial charge in [0.05, 0.1) is 18.3 Å². The van der Waals surface area contributed by atoms with Gasteiger partial charge in [0.2, 0.25) is 11.8 Å². The van der Waals surface area contributed by atoms with Crippen LogP contribution in [0.25, 0.3) is 27.6 Å². The summed E-state index contributed by atoms with van der Waals surface area (Å²) in [5.74, 6) is -3.04. The monoisotopic (exact) mass is 605 g/mol. The fourth-order valence-electron chi connectivity index (χ4n) is 4.65. The molecule has 4 aromatic rings. The first-order chi connectivity index (χ1) is 20.6. The van der Waals surface area contributed by atoms with E-state index in [4.69, 9.17) is 4.74 Å². The quantitative estimate of drug-likeness (QED) is 0.290. The van der Waals surface area contributed by atoms with Crippen LogP contribution in [0.4, 0.5) is 14.5 Å². The Morgan fingerprint density at radius 1 is 1.02 bits per heavy atom. The number of amides is 1. The van der Waals surface area contributed by atoms with Crippen molar-refractivity contribution >= 4 is 43.9 Å². The molecule has 43 heavy (non-hydrogen) atoms. The van der Waals surface area contributed by atoms with E-state index in [0.29, 0.717) is 47.2 Å². The van der Waals surface area contributed by atoms with Crippen LogP contribution >= 0.6 is 0 Å². The van der Waals surface area contributed by atoms with E-state index in [1.807, 2.05) is 12.1 Å². The predicted octanol–water partition coefficient (Wildman–Crippen LogP) is 4.54. The maximum absolute atomic E-state index is 14.3. The molecule has 2 aromatic carbocycles. The lowest BCUT2D eigenvalue weighted by Gasteiger charge is -2.25. The number of hydrogen-bond donors (Lipinski definition) is 1. The fourth-order valence-corrected chi connectivity index (χ4v) is 5.84. The second-order valence-electron chi connectivity index (χ2n) is 9.60. The number of halogens is 2. The van der Waals surface area contributed by atoms with Crippen molar-refractivity contribution in [2.45, 2.75) is 18.2 Å². The fraction of sp³-hybridized carbons (Fsp3) is 0.167. The van der Waals surface area contributed by atoms with Crippen molar-refractivity contribution in [1.82, 2.24) is 19.9 Å². The van der Waals surface area contributed by atoms with Gasteiger partial charge in [-0.2, -0.15) is 0 Å². The van der Waals surface area contributed by atoms with Crippen LogP contribution in [0.2, 0.25) is 0 Å². The Bertz CT molecular complexity index is 1910. The number of anilines is 1. The van der Waals surface area contributed by atoms with Crippen molar-refractivity contribution in [2.24, 2.45) is 0 Å². The van der Waals surface area contributed by atoms with E-state index in [0.717, 1.165) is 23.8 Å². The lowest BCUT2D eigenvalue weighted by atomic mass is 9.98. The summed E-state index contributed by atoms with van der Waals surface area (Å²) >= 11 is 0. The molecule has 2 aromatic heterocycles. The number of carbonyl (C=O) groups excluding carboxylic acids is 2. The number of rotatable bonds is 8. The Balaban J connectivity index is 1.48. The molecule has 0 spiro atoms. The summed E-state index contributed by atoms with van der Waals surface area (Å²) < 4.78 is 61.8. The number of aromatic nitrogens is 3. The molecule has 5 rings (SSSR count). The van der Waals surface area contributed by atoms with E-state index < -0.39 is 26.6 Å². The maximum atomic E-state index is 14.3. The van der Waals surface area contributed by atoms with Crippen LogP contribution in [0, 0.1) is 11.6 Å². The second-order valence-corrected chi connectivity index (χ2v) is 11.2. The number of allylic oxidation sites excluding steroid dienone is 1. The van der Waals surface area contributed by atoms with Gasteiger partial charge in [0.1, 0.15) is 23.6 Å². The Morgan fingerprint density at radius 2 is 1.79 bits per heavy atom. The molecule has 0 saturated carbocycles. The van der Waals surface area contributed by atoms with Crippen molar-refractivity contribution in [3.63, 3.8) is 0 Å². The van der Waals surface area contributed by atoms with Crippen LogP contribution < -0.4 is 9.46 Å². The minimum Gasteiger partial charge on any atom is -0.480 e. The average molecular weight is 606 g/mol. The van der Waals surface area contributed by atoms with Gasteiger partial charge in [0.25, 0.3) is 10.0 Å². The first-order valence-corrected chi connectivity index (χ1v) is 14.5. The Hall–Kier alpha value is -5.04. The molecule has 10 nitrogen and oxygen atoms in total. The summed E-state index contributed by atoms with van der Waals surface area (Å²) in [5.41, 5.74) is 3.25. The van der Waals surface area contributed by atoms with Gasteiger partial charge >= 0.3 is 0 Å². The minimum absolute atomic E-state index is 0.0986. The normalized spacial score (nSPS) is 13.7. The summed E-state index contributed by atoms with van der Waals surface area (Å²) in [5, 5.41) is 0.717. The molecule has 0 bridgehead atoms. The molecular weight excluding hydrogens is 580 g/mol. The number of fused-ring (bicyclic) bond motifs is 1. The van der Waals surface area contributed by atoms with Gasteiger partial charge in [-0.1, -0.05) is 18.2 Å². The van der Waals surface area contributed by atoms with Crippen LogP contribution in [0.3, 0.4) is 0 Å². The lowest BCUT2D eigenvalue weighted by molar-refractivity contribution is -0.126. The van der Waals surface area contributed by atoms with E-state index >= 15 is 0 Å². The zero-order valence-electron chi connectivity index (χ0n) is 23.0. The van der Waals surface area contributed by atoms with Gasteiger partial charge < -0.3 is 9.64 Å².